The van der Waals surface area contributed by atoms with Crippen molar-refractivity contribution in [1.82, 2.24) is 20.5 Å². The quantitative estimate of drug-likeness (QED) is 0.715. The lowest BCUT2D eigenvalue weighted by Crippen LogP contribution is -2.35. The predicted octanol–water partition coefficient (Wildman–Crippen LogP) is 2.52. The summed E-state index contributed by atoms with van der Waals surface area (Å²) in [6.45, 7) is 12.6. The van der Waals surface area contributed by atoms with Gasteiger partial charge in [-0.3, -0.25) is 14.7 Å². The summed E-state index contributed by atoms with van der Waals surface area (Å²) in [7, 11) is 0. The van der Waals surface area contributed by atoms with Crippen molar-refractivity contribution >= 4 is 39.6 Å². The van der Waals surface area contributed by atoms with Crippen LogP contribution in [0.2, 0.25) is 0 Å². The van der Waals surface area contributed by atoms with Gasteiger partial charge in [-0.1, -0.05) is 19.6 Å². The number of aryl methyl sites for hydroxylation is 1. The fourth-order valence-electron chi connectivity index (χ4n) is 3.04. The van der Waals surface area contributed by atoms with Crippen LogP contribution in [-0.4, -0.2) is 60.7 Å². The maximum absolute atomic E-state index is 11.8. The minimum Gasteiger partial charge on any atom is -0.353 e. The van der Waals surface area contributed by atoms with Crippen LogP contribution >= 0.6 is 11.3 Å². The van der Waals surface area contributed by atoms with Gasteiger partial charge in [0.1, 0.15) is 0 Å². The van der Waals surface area contributed by atoms with E-state index in [2.05, 4.69) is 62.2 Å². The SMILES string of the molecule is C=C1C=NC(NCCN(CC)Cc2ccc3sc(C)nc3c2)=NCCCNC1=O. The third kappa shape index (κ3) is 6.20. The number of hydrogen-bond donors (Lipinski definition) is 2. The predicted molar refractivity (Wildman–Crippen MR) is 121 cm³/mol. The Hall–Kier alpha value is -2.58. The number of fused-ring (bicyclic) bond motifs is 1. The first-order valence-electron chi connectivity index (χ1n) is 9.93. The number of nitrogens with one attached hydrogen (secondary N) is 2. The molecule has 29 heavy (non-hydrogen) atoms. The molecule has 3 rings (SSSR count). The summed E-state index contributed by atoms with van der Waals surface area (Å²) in [6, 6.07) is 6.53. The van der Waals surface area contributed by atoms with Gasteiger partial charge in [0.25, 0.3) is 5.91 Å². The topological polar surface area (TPSA) is 82.0 Å². The molecule has 0 fully saturated rings. The van der Waals surface area contributed by atoms with Crippen LogP contribution in [0.25, 0.3) is 10.2 Å². The number of guanidine groups is 1. The number of nitrogens with zero attached hydrogens (tertiary/aromatic N) is 4. The molecule has 0 spiro atoms. The molecule has 1 aromatic heterocycles. The Morgan fingerprint density at radius 2 is 2.24 bits per heavy atom. The number of carbonyl (C=O) groups excluding carboxylic acids is 1. The Morgan fingerprint density at radius 1 is 1.38 bits per heavy atom. The zero-order valence-electron chi connectivity index (χ0n) is 17.1. The van der Waals surface area contributed by atoms with Crippen molar-refractivity contribution in [2.75, 3.05) is 32.7 Å². The van der Waals surface area contributed by atoms with Crippen molar-refractivity contribution in [3.63, 3.8) is 0 Å². The van der Waals surface area contributed by atoms with E-state index < -0.39 is 0 Å². The van der Waals surface area contributed by atoms with E-state index in [4.69, 9.17) is 0 Å². The fraction of sp³-hybridized carbons (Fsp3) is 0.429. The van der Waals surface area contributed by atoms with E-state index in [1.807, 2.05) is 6.92 Å². The number of rotatable bonds is 6. The zero-order valence-corrected chi connectivity index (χ0v) is 17.9. The molecule has 0 saturated carbocycles. The van der Waals surface area contributed by atoms with Crippen molar-refractivity contribution < 1.29 is 4.79 Å². The summed E-state index contributed by atoms with van der Waals surface area (Å²) in [5.74, 6) is 0.371. The molecule has 154 valence electrons. The highest BCUT2D eigenvalue weighted by atomic mass is 32.1. The van der Waals surface area contributed by atoms with Crippen molar-refractivity contribution in [1.29, 1.82) is 0 Å². The number of benzene rings is 1. The summed E-state index contributed by atoms with van der Waals surface area (Å²) in [4.78, 5) is 27.5. The standard InChI is InChI=1S/C21H28N6OS/c1-4-27(14-17-6-7-19-18(12-17)26-16(3)29-19)11-10-24-21-23-9-5-8-22-20(28)15(2)13-25-21/h6-7,12-13H,2,4-5,8-11,14H2,1,3H3,(H,22,28)(H,23,24). The molecule has 2 heterocycles. The summed E-state index contributed by atoms with van der Waals surface area (Å²) >= 11 is 1.73. The van der Waals surface area contributed by atoms with Crippen molar-refractivity contribution in [3.05, 3.63) is 40.9 Å². The largest absolute Gasteiger partial charge is 0.353 e. The Kier molecular flexibility index (Phi) is 7.48. The molecule has 1 amide bonds. The summed E-state index contributed by atoms with van der Waals surface area (Å²) < 4.78 is 1.23. The second kappa shape index (κ2) is 10.3. The highest BCUT2D eigenvalue weighted by molar-refractivity contribution is 7.18. The van der Waals surface area contributed by atoms with Crippen LogP contribution in [0.1, 0.15) is 23.9 Å². The number of amides is 1. The lowest BCUT2D eigenvalue weighted by Gasteiger charge is -2.21. The molecule has 0 radical (unpaired) electrons. The van der Waals surface area contributed by atoms with E-state index in [1.54, 1.807) is 11.3 Å². The second-order valence-electron chi connectivity index (χ2n) is 6.93. The minimum atomic E-state index is -0.181. The van der Waals surface area contributed by atoms with E-state index >= 15 is 0 Å². The van der Waals surface area contributed by atoms with Gasteiger partial charge in [-0.15, -0.1) is 11.3 Å². The Bertz CT molecular complexity index is 932. The Morgan fingerprint density at radius 3 is 3.07 bits per heavy atom. The average molecular weight is 413 g/mol. The summed E-state index contributed by atoms with van der Waals surface area (Å²) in [5.41, 5.74) is 2.68. The normalized spacial score (nSPS) is 15.5. The molecule has 0 unspecified atom stereocenters. The molecule has 1 aliphatic heterocycles. The number of carbonyl (C=O) groups is 1. The lowest BCUT2D eigenvalue weighted by molar-refractivity contribution is -0.116. The molecule has 0 bridgehead atoms. The number of aliphatic imine (C=N–C) groups is 2. The van der Waals surface area contributed by atoms with Crippen LogP contribution in [0.15, 0.2) is 40.3 Å². The maximum atomic E-state index is 11.8. The third-order valence-electron chi connectivity index (χ3n) is 4.64. The van der Waals surface area contributed by atoms with E-state index in [0.29, 0.717) is 24.6 Å². The lowest BCUT2D eigenvalue weighted by atomic mass is 10.2. The Balaban J connectivity index is 1.55. The molecule has 0 saturated heterocycles. The third-order valence-corrected chi connectivity index (χ3v) is 5.59. The van der Waals surface area contributed by atoms with Gasteiger partial charge in [0, 0.05) is 38.9 Å². The zero-order chi connectivity index (χ0) is 20.6. The molecule has 1 aromatic carbocycles. The van der Waals surface area contributed by atoms with Crippen LogP contribution < -0.4 is 10.6 Å². The van der Waals surface area contributed by atoms with Gasteiger partial charge in [-0.2, -0.15) is 0 Å². The van der Waals surface area contributed by atoms with Crippen LogP contribution in [-0.2, 0) is 11.3 Å². The van der Waals surface area contributed by atoms with Gasteiger partial charge in [-0.25, -0.2) is 9.98 Å². The van der Waals surface area contributed by atoms with Gasteiger partial charge >= 0.3 is 0 Å². The highest BCUT2D eigenvalue weighted by Crippen LogP contribution is 2.22. The van der Waals surface area contributed by atoms with Crippen LogP contribution in [0.5, 0.6) is 0 Å². The Labute approximate surface area is 175 Å². The van der Waals surface area contributed by atoms with E-state index in [0.717, 1.165) is 43.1 Å². The minimum absolute atomic E-state index is 0.181. The molecule has 1 aliphatic rings. The molecular weight excluding hydrogens is 384 g/mol. The van der Waals surface area contributed by atoms with E-state index in [1.165, 1.54) is 16.5 Å². The molecule has 0 atom stereocenters. The van der Waals surface area contributed by atoms with Crippen molar-refractivity contribution in [2.24, 2.45) is 9.98 Å². The fourth-order valence-corrected chi connectivity index (χ4v) is 3.85. The average Bonchev–Trinajstić information content (AvgIpc) is 3.08. The van der Waals surface area contributed by atoms with Gasteiger partial charge < -0.3 is 10.6 Å². The van der Waals surface area contributed by atoms with E-state index in [-0.39, 0.29) is 5.91 Å². The number of thiazole rings is 1. The molecular formula is C21H28N6OS. The van der Waals surface area contributed by atoms with Crippen molar-refractivity contribution in [2.45, 2.75) is 26.8 Å². The first-order valence-corrected chi connectivity index (χ1v) is 10.7. The number of hydrogen-bond acceptors (Lipinski definition) is 7. The van der Waals surface area contributed by atoms with Crippen LogP contribution in [0.3, 0.4) is 0 Å². The number of likely N-dealkylation sites (N-methyl/N-ethyl adjacent to an activating group) is 1. The maximum Gasteiger partial charge on any atom is 0.252 e. The van der Waals surface area contributed by atoms with Crippen LogP contribution in [0, 0.1) is 6.92 Å². The van der Waals surface area contributed by atoms with Crippen molar-refractivity contribution in [3.8, 4) is 0 Å². The summed E-state index contributed by atoms with van der Waals surface area (Å²) in [5, 5.41) is 7.17. The first kappa shape index (κ1) is 21.1. The summed E-state index contributed by atoms with van der Waals surface area (Å²) in [6.07, 6.45) is 2.24. The van der Waals surface area contributed by atoms with Gasteiger partial charge in [0.05, 0.1) is 20.8 Å². The number of aromatic nitrogens is 1. The molecule has 2 N–H and O–H groups in total. The van der Waals surface area contributed by atoms with Gasteiger partial charge in [0.2, 0.25) is 5.96 Å². The molecule has 8 heteroatoms. The molecule has 7 nitrogen and oxygen atoms in total. The second-order valence-corrected chi connectivity index (χ2v) is 8.16. The molecule has 0 aliphatic carbocycles. The monoisotopic (exact) mass is 412 g/mol. The molecule has 2 aromatic rings. The first-order chi connectivity index (χ1) is 14.0. The smallest absolute Gasteiger partial charge is 0.252 e. The van der Waals surface area contributed by atoms with Gasteiger partial charge in [-0.05, 0) is 37.6 Å². The highest BCUT2D eigenvalue weighted by Gasteiger charge is 2.09. The van der Waals surface area contributed by atoms with Gasteiger partial charge in [0.15, 0.2) is 0 Å². The van der Waals surface area contributed by atoms with Crippen LogP contribution in [0.4, 0.5) is 0 Å². The van der Waals surface area contributed by atoms with E-state index in [9.17, 15) is 4.79 Å².